The predicted molar refractivity (Wildman–Crippen MR) is 106 cm³/mol. The highest BCUT2D eigenvalue weighted by molar-refractivity contribution is 6.17. The van der Waals surface area contributed by atoms with E-state index in [0.29, 0.717) is 0 Å². The number of nitrogens with zero attached hydrogens (tertiary/aromatic N) is 1. The molecule has 0 N–H and O–H groups in total. The molecule has 0 radical (unpaired) electrons. The van der Waals surface area contributed by atoms with Crippen LogP contribution in [0.2, 0.25) is 0 Å². The van der Waals surface area contributed by atoms with Gasteiger partial charge in [-0.2, -0.15) is 13.2 Å². The number of hydrogen-bond donors (Lipinski definition) is 0. The van der Waals surface area contributed by atoms with Crippen molar-refractivity contribution in [2.75, 3.05) is 0 Å². The van der Waals surface area contributed by atoms with Crippen LogP contribution in [0.25, 0.3) is 0 Å². The summed E-state index contributed by atoms with van der Waals surface area (Å²) in [4.78, 5) is 30.9. The Morgan fingerprint density at radius 3 is 2.32 bits per heavy atom. The van der Waals surface area contributed by atoms with Gasteiger partial charge in [0.25, 0.3) is 0 Å². The fourth-order valence-corrected chi connectivity index (χ4v) is 6.11. The first-order valence-corrected chi connectivity index (χ1v) is 10.4. The molecular formula is C24H22F3NO3. The number of aromatic nitrogens is 1. The Hall–Kier alpha value is -2.54. The summed E-state index contributed by atoms with van der Waals surface area (Å²) in [5.41, 5.74) is 2.67. The Bertz CT molecular complexity index is 1090. The van der Waals surface area contributed by atoms with Crippen molar-refractivity contribution >= 4 is 11.6 Å². The van der Waals surface area contributed by atoms with Crippen molar-refractivity contribution in [3.63, 3.8) is 0 Å². The third kappa shape index (κ3) is 2.89. The van der Waals surface area contributed by atoms with Crippen molar-refractivity contribution in [1.29, 1.82) is 0 Å². The molecule has 31 heavy (non-hydrogen) atoms. The summed E-state index contributed by atoms with van der Waals surface area (Å²) in [5, 5.41) is 0. The molecule has 2 saturated heterocycles. The molecular weight excluding hydrogens is 407 g/mol. The van der Waals surface area contributed by atoms with Crippen LogP contribution >= 0.6 is 0 Å². The van der Waals surface area contributed by atoms with E-state index >= 15 is 0 Å². The first-order valence-electron chi connectivity index (χ1n) is 10.4. The van der Waals surface area contributed by atoms with E-state index in [1.54, 1.807) is 0 Å². The first-order chi connectivity index (χ1) is 14.6. The Morgan fingerprint density at radius 1 is 1.03 bits per heavy atom. The zero-order valence-corrected chi connectivity index (χ0v) is 17.4. The smallest absolute Gasteiger partial charge is 0.373 e. The van der Waals surface area contributed by atoms with E-state index in [0.717, 1.165) is 28.3 Å². The molecule has 2 aromatic rings. The zero-order valence-electron chi connectivity index (χ0n) is 17.4. The van der Waals surface area contributed by atoms with E-state index in [1.807, 2.05) is 32.9 Å². The SMILES string of the molecule is Cc1cc(C)c(C2C(=O)[C@@H]3[C@@H]4O[C@@H](C[C@H]4c4ncccc4C(F)(F)F)[C@@H]3C2=O)c(C)c1. The third-order valence-corrected chi connectivity index (χ3v) is 7.10. The van der Waals surface area contributed by atoms with Crippen LogP contribution < -0.4 is 0 Å². The van der Waals surface area contributed by atoms with Gasteiger partial charge >= 0.3 is 6.18 Å². The van der Waals surface area contributed by atoms with Gasteiger partial charge in [0.15, 0.2) is 11.6 Å². The normalized spacial score (nSPS) is 32.1. The molecule has 0 spiro atoms. The number of halogens is 3. The number of carbonyl (C=O) groups excluding carboxylic acids is 2. The molecule has 3 fully saturated rings. The number of rotatable bonds is 2. The maximum atomic E-state index is 13.6. The number of alkyl halides is 3. The second-order valence-corrected chi connectivity index (χ2v) is 9.02. The summed E-state index contributed by atoms with van der Waals surface area (Å²) in [6.07, 6.45) is -4.24. The highest BCUT2D eigenvalue weighted by Crippen LogP contribution is 2.58. The van der Waals surface area contributed by atoms with Crippen LogP contribution in [0.15, 0.2) is 30.5 Å². The van der Waals surface area contributed by atoms with Gasteiger partial charge in [-0.25, -0.2) is 0 Å². The fraction of sp³-hybridized carbons (Fsp3) is 0.458. The van der Waals surface area contributed by atoms with E-state index in [1.165, 1.54) is 12.3 Å². The van der Waals surface area contributed by atoms with Crippen LogP contribution in [0.4, 0.5) is 13.2 Å². The minimum atomic E-state index is -4.54. The number of carbonyl (C=O) groups is 2. The molecule has 2 aliphatic heterocycles. The van der Waals surface area contributed by atoms with E-state index in [-0.39, 0.29) is 23.7 Å². The minimum Gasteiger partial charge on any atom is -0.373 e. The molecule has 3 heterocycles. The molecule has 2 bridgehead atoms. The number of pyridine rings is 1. The summed E-state index contributed by atoms with van der Waals surface area (Å²) in [6.45, 7) is 5.74. The average molecular weight is 429 g/mol. The molecule has 4 nitrogen and oxygen atoms in total. The number of ether oxygens (including phenoxy) is 1. The van der Waals surface area contributed by atoms with Crippen LogP contribution in [-0.4, -0.2) is 28.8 Å². The van der Waals surface area contributed by atoms with Gasteiger partial charge in [0, 0.05) is 12.1 Å². The number of fused-ring (bicyclic) bond motifs is 5. The standard InChI is InChI=1S/C24H22F3NO3/c1-10-7-11(2)16(12(3)8-10)18-21(29)17-15-9-13(23(31-15)19(17)22(18)30)20-14(24(25,26)27)5-4-6-28-20/h4-8,13,15,17-19,23H,9H2,1-3H3/t13-,15-,17-,18?,19+,23+/m0/s1. The topological polar surface area (TPSA) is 56.3 Å². The van der Waals surface area contributed by atoms with Crippen molar-refractivity contribution in [1.82, 2.24) is 4.98 Å². The number of Topliss-reactive ketones (excluding diaryl/α,β-unsaturated/α-hetero) is 2. The number of benzene rings is 1. The third-order valence-electron chi connectivity index (χ3n) is 7.10. The Morgan fingerprint density at radius 2 is 1.68 bits per heavy atom. The molecule has 7 heteroatoms. The van der Waals surface area contributed by atoms with Crippen LogP contribution in [0.1, 0.15) is 51.8 Å². The predicted octanol–water partition coefficient (Wildman–Crippen LogP) is 4.45. The molecule has 162 valence electrons. The Kier molecular flexibility index (Phi) is 4.42. The largest absolute Gasteiger partial charge is 0.418 e. The highest BCUT2D eigenvalue weighted by atomic mass is 19.4. The molecule has 3 aliphatic rings. The zero-order chi connectivity index (χ0) is 22.2. The van der Waals surface area contributed by atoms with E-state index < -0.39 is 47.6 Å². The van der Waals surface area contributed by atoms with Crippen molar-refractivity contribution in [2.24, 2.45) is 11.8 Å². The lowest BCUT2D eigenvalue weighted by molar-refractivity contribution is -0.139. The lowest BCUT2D eigenvalue weighted by Gasteiger charge is -2.27. The molecule has 5 rings (SSSR count). The highest BCUT2D eigenvalue weighted by Gasteiger charge is 2.66. The fourth-order valence-electron chi connectivity index (χ4n) is 6.11. The van der Waals surface area contributed by atoms with E-state index in [2.05, 4.69) is 4.98 Å². The van der Waals surface area contributed by atoms with E-state index in [4.69, 9.17) is 4.74 Å². The van der Waals surface area contributed by atoms with Gasteiger partial charge in [-0.15, -0.1) is 0 Å². The molecule has 1 aromatic carbocycles. The molecule has 0 amide bonds. The number of aryl methyl sites for hydroxylation is 3. The summed E-state index contributed by atoms with van der Waals surface area (Å²) in [7, 11) is 0. The molecule has 6 atom stereocenters. The van der Waals surface area contributed by atoms with Crippen molar-refractivity contribution in [3.05, 3.63) is 64.0 Å². The van der Waals surface area contributed by atoms with Gasteiger partial charge in [0.1, 0.15) is 5.92 Å². The number of ketones is 2. The van der Waals surface area contributed by atoms with Crippen molar-refractivity contribution < 1.29 is 27.5 Å². The van der Waals surface area contributed by atoms with Crippen molar-refractivity contribution in [2.45, 2.75) is 57.4 Å². The molecule has 1 aliphatic carbocycles. The monoisotopic (exact) mass is 429 g/mol. The summed E-state index contributed by atoms with van der Waals surface area (Å²) >= 11 is 0. The van der Waals surface area contributed by atoms with Gasteiger partial charge in [0.05, 0.1) is 35.3 Å². The van der Waals surface area contributed by atoms with Gasteiger partial charge in [-0.05, 0) is 56.0 Å². The van der Waals surface area contributed by atoms with Gasteiger partial charge < -0.3 is 4.74 Å². The van der Waals surface area contributed by atoms with Crippen LogP contribution in [0.5, 0.6) is 0 Å². The molecule has 1 aromatic heterocycles. The molecule has 1 unspecified atom stereocenters. The molecule has 1 saturated carbocycles. The second kappa shape index (κ2) is 6.73. The first kappa shape index (κ1) is 20.4. The van der Waals surface area contributed by atoms with Gasteiger partial charge in [0.2, 0.25) is 0 Å². The number of hydrogen-bond acceptors (Lipinski definition) is 4. The maximum absolute atomic E-state index is 13.6. The van der Waals surface area contributed by atoms with Crippen LogP contribution in [-0.2, 0) is 20.5 Å². The van der Waals surface area contributed by atoms with Crippen LogP contribution in [0.3, 0.4) is 0 Å². The maximum Gasteiger partial charge on any atom is 0.418 e. The second-order valence-electron chi connectivity index (χ2n) is 9.02. The Balaban J connectivity index is 1.53. The van der Waals surface area contributed by atoms with Crippen LogP contribution in [0, 0.1) is 32.6 Å². The summed E-state index contributed by atoms with van der Waals surface area (Å²) < 4.78 is 46.6. The summed E-state index contributed by atoms with van der Waals surface area (Å²) in [5.74, 6) is -3.21. The minimum absolute atomic E-state index is 0.0904. The lowest BCUT2D eigenvalue weighted by Crippen LogP contribution is -2.35. The quantitative estimate of drug-likeness (QED) is 0.662. The lowest BCUT2D eigenvalue weighted by atomic mass is 9.73. The van der Waals surface area contributed by atoms with Gasteiger partial charge in [-0.3, -0.25) is 14.6 Å². The summed E-state index contributed by atoms with van der Waals surface area (Å²) in [6, 6.07) is 6.17. The van der Waals surface area contributed by atoms with Crippen molar-refractivity contribution in [3.8, 4) is 0 Å². The van der Waals surface area contributed by atoms with Gasteiger partial charge in [-0.1, -0.05) is 17.7 Å². The Labute approximate surface area is 177 Å². The average Bonchev–Trinajstić information content (AvgIpc) is 3.34. The van der Waals surface area contributed by atoms with E-state index in [9.17, 15) is 22.8 Å².